The fourth-order valence-electron chi connectivity index (χ4n) is 5.08. The zero-order valence-corrected chi connectivity index (χ0v) is 24.4. The van der Waals surface area contributed by atoms with E-state index in [0.717, 1.165) is 42.1 Å². The van der Waals surface area contributed by atoms with Crippen molar-refractivity contribution in [2.75, 3.05) is 18.0 Å². The first-order chi connectivity index (χ1) is 20.1. The Hall–Kier alpha value is -3.99. The summed E-state index contributed by atoms with van der Waals surface area (Å²) in [4.78, 5) is 28.7. The van der Waals surface area contributed by atoms with E-state index < -0.39 is 40.2 Å². The van der Waals surface area contributed by atoms with Gasteiger partial charge in [0.2, 0.25) is 11.8 Å². The first-order valence-corrected chi connectivity index (χ1v) is 15.3. The average Bonchev–Trinajstić information content (AvgIpc) is 3.50. The summed E-state index contributed by atoms with van der Waals surface area (Å²) in [7, 11) is -2.86. The molecule has 42 heavy (non-hydrogen) atoms. The highest BCUT2D eigenvalue weighted by Crippen LogP contribution is 2.27. The Balaban J connectivity index is 1.70. The van der Waals surface area contributed by atoms with Crippen LogP contribution in [0.25, 0.3) is 0 Å². The van der Waals surface area contributed by atoms with E-state index in [9.17, 15) is 26.8 Å². The van der Waals surface area contributed by atoms with Crippen molar-refractivity contribution in [3.05, 3.63) is 90.0 Å². The standard InChI is InChI=1S/C31H35F2N3O5S/c1-3-29(31(38)34-25-6-4-5-7-25)35(20-22-8-10-23(32)11-9-22)30(37)21-36(26-14-12-24(33)13-15-26)42(39,40)28-18-16-27(41-2)17-19-28/h8-19,25,29H,3-7,20-21H2,1-2H3,(H,34,38). The van der Waals surface area contributed by atoms with E-state index in [2.05, 4.69) is 5.32 Å². The highest BCUT2D eigenvalue weighted by atomic mass is 32.2. The van der Waals surface area contributed by atoms with Crippen molar-refractivity contribution < 1.29 is 31.5 Å². The Bertz CT molecular complexity index is 1460. The SMILES string of the molecule is CCC(C(=O)NC1CCCC1)N(Cc1ccc(F)cc1)C(=O)CN(c1ccc(F)cc1)S(=O)(=O)c1ccc(OC)cc1. The molecule has 3 aromatic rings. The van der Waals surface area contributed by atoms with Gasteiger partial charge in [-0.3, -0.25) is 13.9 Å². The lowest BCUT2D eigenvalue weighted by Crippen LogP contribution is -2.53. The summed E-state index contributed by atoms with van der Waals surface area (Å²) < 4.78 is 61.2. The number of carbonyl (C=O) groups is 2. The van der Waals surface area contributed by atoms with E-state index in [0.29, 0.717) is 11.3 Å². The molecule has 1 aliphatic carbocycles. The van der Waals surface area contributed by atoms with Crippen LogP contribution in [-0.4, -0.2) is 50.9 Å². The molecule has 1 aliphatic rings. The molecule has 3 aromatic carbocycles. The van der Waals surface area contributed by atoms with E-state index in [1.54, 1.807) is 6.92 Å². The van der Waals surface area contributed by atoms with Gasteiger partial charge in [-0.05, 0) is 85.5 Å². The average molecular weight is 600 g/mol. The summed E-state index contributed by atoms with van der Waals surface area (Å²) in [5.74, 6) is -1.54. The molecule has 0 radical (unpaired) electrons. The van der Waals surface area contributed by atoms with Gasteiger partial charge in [0.15, 0.2) is 0 Å². The normalized spacial score (nSPS) is 14.3. The maximum absolute atomic E-state index is 14.1. The molecule has 11 heteroatoms. The number of ether oxygens (including phenoxy) is 1. The van der Waals surface area contributed by atoms with Gasteiger partial charge in [-0.15, -0.1) is 0 Å². The third-order valence-corrected chi connectivity index (χ3v) is 9.18. The van der Waals surface area contributed by atoms with Gasteiger partial charge < -0.3 is 15.0 Å². The van der Waals surface area contributed by atoms with Crippen LogP contribution in [0.15, 0.2) is 77.7 Å². The molecule has 0 saturated heterocycles. The molecular weight excluding hydrogens is 564 g/mol. The predicted molar refractivity (Wildman–Crippen MR) is 155 cm³/mol. The Morgan fingerprint density at radius 2 is 1.50 bits per heavy atom. The van der Waals surface area contributed by atoms with Crippen LogP contribution in [0.5, 0.6) is 5.75 Å². The van der Waals surface area contributed by atoms with E-state index in [1.165, 1.54) is 72.7 Å². The number of benzene rings is 3. The van der Waals surface area contributed by atoms with Gasteiger partial charge in [-0.25, -0.2) is 17.2 Å². The molecule has 1 fully saturated rings. The fourth-order valence-corrected chi connectivity index (χ4v) is 6.50. The molecule has 1 N–H and O–H groups in total. The number of hydrogen-bond donors (Lipinski definition) is 1. The van der Waals surface area contributed by atoms with Crippen LogP contribution >= 0.6 is 0 Å². The van der Waals surface area contributed by atoms with E-state index >= 15 is 0 Å². The number of rotatable bonds is 12. The zero-order valence-electron chi connectivity index (χ0n) is 23.6. The molecule has 0 heterocycles. The molecule has 0 aliphatic heterocycles. The Kier molecular flexibility index (Phi) is 10.2. The van der Waals surface area contributed by atoms with E-state index in [4.69, 9.17) is 4.74 Å². The van der Waals surface area contributed by atoms with Crippen LogP contribution < -0.4 is 14.4 Å². The van der Waals surface area contributed by atoms with Gasteiger partial charge in [0.1, 0.15) is 30.0 Å². The summed E-state index contributed by atoms with van der Waals surface area (Å²) in [5.41, 5.74) is 0.647. The smallest absolute Gasteiger partial charge is 0.264 e. The van der Waals surface area contributed by atoms with Crippen LogP contribution in [0, 0.1) is 11.6 Å². The zero-order chi connectivity index (χ0) is 30.3. The van der Waals surface area contributed by atoms with Crippen LogP contribution in [0.2, 0.25) is 0 Å². The summed E-state index contributed by atoms with van der Waals surface area (Å²) in [6.07, 6.45) is 4.00. The molecule has 1 atom stereocenters. The summed E-state index contributed by atoms with van der Waals surface area (Å²) in [5, 5.41) is 3.04. The lowest BCUT2D eigenvalue weighted by molar-refractivity contribution is -0.140. The van der Waals surface area contributed by atoms with E-state index in [-0.39, 0.29) is 35.5 Å². The van der Waals surface area contributed by atoms with Crippen LogP contribution in [0.4, 0.5) is 14.5 Å². The van der Waals surface area contributed by atoms with Gasteiger partial charge >= 0.3 is 0 Å². The summed E-state index contributed by atoms with van der Waals surface area (Å²) in [6.45, 7) is 1.07. The molecule has 0 bridgehead atoms. The van der Waals surface area contributed by atoms with Crippen molar-refractivity contribution in [1.82, 2.24) is 10.2 Å². The number of nitrogens with zero attached hydrogens (tertiary/aromatic N) is 2. The molecule has 2 amide bonds. The number of methoxy groups -OCH3 is 1. The quantitative estimate of drug-likeness (QED) is 0.315. The molecule has 0 spiro atoms. The number of sulfonamides is 1. The highest BCUT2D eigenvalue weighted by molar-refractivity contribution is 7.92. The molecule has 4 rings (SSSR count). The Morgan fingerprint density at radius 3 is 2.05 bits per heavy atom. The third kappa shape index (κ3) is 7.44. The van der Waals surface area contributed by atoms with Crippen molar-refractivity contribution in [2.45, 2.75) is 62.6 Å². The van der Waals surface area contributed by atoms with Crippen molar-refractivity contribution in [2.24, 2.45) is 0 Å². The maximum atomic E-state index is 14.1. The first kappa shape index (κ1) is 31.0. The highest BCUT2D eigenvalue weighted by Gasteiger charge is 2.34. The number of anilines is 1. The van der Waals surface area contributed by atoms with Gasteiger partial charge in [0.05, 0.1) is 17.7 Å². The second-order valence-corrected chi connectivity index (χ2v) is 12.1. The van der Waals surface area contributed by atoms with Crippen molar-refractivity contribution in [3.8, 4) is 5.75 Å². The first-order valence-electron chi connectivity index (χ1n) is 13.9. The maximum Gasteiger partial charge on any atom is 0.264 e. The van der Waals surface area contributed by atoms with E-state index in [1.807, 2.05) is 0 Å². The van der Waals surface area contributed by atoms with Crippen LogP contribution in [0.1, 0.15) is 44.6 Å². The van der Waals surface area contributed by atoms with Crippen molar-refractivity contribution >= 4 is 27.5 Å². The number of nitrogens with one attached hydrogen (secondary N) is 1. The summed E-state index contributed by atoms with van der Waals surface area (Å²) >= 11 is 0. The minimum absolute atomic E-state index is 0.0143. The molecule has 1 saturated carbocycles. The van der Waals surface area contributed by atoms with Gasteiger partial charge in [0, 0.05) is 12.6 Å². The Morgan fingerprint density at radius 1 is 0.929 bits per heavy atom. The Labute approximate surface area is 245 Å². The molecule has 224 valence electrons. The number of halogens is 2. The number of hydrogen-bond acceptors (Lipinski definition) is 5. The van der Waals surface area contributed by atoms with Crippen molar-refractivity contribution in [1.29, 1.82) is 0 Å². The minimum atomic E-state index is -4.31. The van der Waals surface area contributed by atoms with Crippen LogP contribution in [0.3, 0.4) is 0 Å². The topological polar surface area (TPSA) is 96.0 Å². The number of carbonyl (C=O) groups excluding carboxylic acids is 2. The second kappa shape index (κ2) is 13.8. The van der Waals surface area contributed by atoms with Gasteiger partial charge in [-0.2, -0.15) is 0 Å². The molecule has 8 nitrogen and oxygen atoms in total. The monoisotopic (exact) mass is 599 g/mol. The van der Waals surface area contributed by atoms with Gasteiger partial charge in [-0.1, -0.05) is 31.9 Å². The van der Waals surface area contributed by atoms with Crippen molar-refractivity contribution in [3.63, 3.8) is 0 Å². The molecular formula is C31H35F2N3O5S. The predicted octanol–water partition coefficient (Wildman–Crippen LogP) is 5.03. The number of amides is 2. The van der Waals surface area contributed by atoms with Crippen LogP contribution in [-0.2, 0) is 26.2 Å². The minimum Gasteiger partial charge on any atom is -0.497 e. The largest absolute Gasteiger partial charge is 0.497 e. The molecule has 1 unspecified atom stereocenters. The summed E-state index contributed by atoms with van der Waals surface area (Å²) in [6, 6.07) is 15.1. The molecule has 0 aromatic heterocycles. The lowest BCUT2D eigenvalue weighted by atomic mass is 10.1. The second-order valence-electron chi connectivity index (χ2n) is 10.2. The lowest BCUT2D eigenvalue weighted by Gasteiger charge is -2.33. The third-order valence-electron chi connectivity index (χ3n) is 7.39. The van der Waals surface area contributed by atoms with Gasteiger partial charge in [0.25, 0.3) is 10.0 Å². The fraction of sp³-hybridized carbons (Fsp3) is 0.355.